The van der Waals surface area contributed by atoms with Crippen molar-refractivity contribution >= 4 is 21.6 Å². The molecule has 7 heteroatoms. The number of H-pyrrole nitrogens is 1. The van der Waals surface area contributed by atoms with Gasteiger partial charge in [-0.05, 0) is 12.1 Å². The average molecular weight is 279 g/mol. The Morgan fingerprint density at radius 2 is 1.95 bits per heavy atom. The van der Waals surface area contributed by atoms with E-state index in [2.05, 4.69) is 15.5 Å². The van der Waals surface area contributed by atoms with E-state index >= 15 is 0 Å². The molecule has 0 radical (unpaired) electrons. The number of nitrogens with one attached hydrogen (secondary N) is 2. The van der Waals surface area contributed by atoms with E-state index in [4.69, 9.17) is 0 Å². The van der Waals surface area contributed by atoms with Gasteiger partial charge in [0.05, 0.1) is 16.8 Å². The molecule has 0 unspecified atom stereocenters. The van der Waals surface area contributed by atoms with E-state index in [9.17, 15) is 13.2 Å². The lowest BCUT2D eigenvalue weighted by atomic mass is 10.4. The number of carbonyl (C=O) groups is 1. The highest BCUT2D eigenvalue weighted by Gasteiger charge is 2.16. The van der Waals surface area contributed by atoms with Crippen molar-refractivity contribution in [2.24, 2.45) is 0 Å². The third-order valence-electron chi connectivity index (χ3n) is 2.48. The smallest absolute Gasteiger partial charge is 0.226 e. The van der Waals surface area contributed by atoms with Gasteiger partial charge in [0.1, 0.15) is 5.82 Å². The topological polar surface area (TPSA) is 91.9 Å². The maximum atomic E-state index is 11.9. The van der Waals surface area contributed by atoms with Crippen molar-refractivity contribution in [2.75, 3.05) is 11.1 Å². The zero-order valence-electron chi connectivity index (χ0n) is 10.0. The van der Waals surface area contributed by atoms with Crippen LogP contribution in [0, 0.1) is 0 Å². The Morgan fingerprint density at radius 1 is 1.21 bits per heavy atom. The molecule has 0 aliphatic rings. The molecule has 6 nitrogen and oxygen atoms in total. The average Bonchev–Trinajstić information content (AvgIpc) is 2.90. The molecule has 19 heavy (non-hydrogen) atoms. The largest absolute Gasteiger partial charge is 0.311 e. The fourth-order valence-electron chi connectivity index (χ4n) is 1.51. The van der Waals surface area contributed by atoms with E-state index in [1.54, 1.807) is 24.3 Å². The van der Waals surface area contributed by atoms with Crippen LogP contribution in [0.4, 0.5) is 5.82 Å². The number of hydrogen-bond acceptors (Lipinski definition) is 4. The van der Waals surface area contributed by atoms with Gasteiger partial charge in [0.15, 0.2) is 9.84 Å². The van der Waals surface area contributed by atoms with Gasteiger partial charge in [0.25, 0.3) is 0 Å². The molecule has 2 N–H and O–H groups in total. The molecule has 0 saturated heterocycles. The summed E-state index contributed by atoms with van der Waals surface area (Å²) in [6.45, 7) is 0. The SMILES string of the molecule is O=C(CCS(=O)(=O)c1ccccc1)Nc1ccn[nH]1. The summed E-state index contributed by atoms with van der Waals surface area (Å²) in [5.41, 5.74) is 0. The second kappa shape index (κ2) is 5.66. The maximum Gasteiger partial charge on any atom is 0.226 e. The van der Waals surface area contributed by atoms with Crippen LogP contribution >= 0.6 is 0 Å². The van der Waals surface area contributed by atoms with E-state index < -0.39 is 9.84 Å². The van der Waals surface area contributed by atoms with Gasteiger partial charge in [-0.15, -0.1) is 0 Å². The van der Waals surface area contributed by atoms with Gasteiger partial charge < -0.3 is 5.32 Å². The second-order valence-electron chi connectivity index (χ2n) is 3.90. The molecule has 0 fully saturated rings. The van der Waals surface area contributed by atoms with Crippen LogP contribution in [0.1, 0.15) is 6.42 Å². The van der Waals surface area contributed by atoms with Crippen molar-refractivity contribution in [1.29, 1.82) is 0 Å². The standard InChI is InChI=1S/C12H13N3O3S/c16-12(14-11-6-8-13-15-11)7-9-19(17,18)10-4-2-1-3-5-10/h1-6,8H,7,9H2,(H2,13,14,15,16). The van der Waals surface area contributed by atoms with Crippen LogP contribution in [0.25, 0.3) is 0 Å². The number of sulfone groups is 1. The van der Waals surface area contributed by atoms with Gasteiger partial charge in [0, 0.05) is 12.5 Å². The maximum absolute atomic E-state index is 11.9. The zero-order chi connectivity index (χ0) is 13.7. The van der Waals surface area contributed by atoms with Crippen LogP contribution in [0.3, 0.4) is 0 Å². The molecule has 1 aromatic carbocycles. The van der Waals surface area contributed by atoms with Crippen LogP contribution in [-0.2, 0) is 14.6 Å². The molecular weight excluding hydrogens is 266 g/mol. The molecule has 0 bridgehead atoms. The first-order valence-corrected chi connectivity index (χ1v) is 7.30. The lowest BCUT2D eigenvalue weighted by Gasteiger charge is -2.04. The highest BCUT2D eigenvalue weighted by Crippen LogP contribution is 2.11. The van der Waals surface area contributed by atoms with E-state index in [0.29, 0.717) is 5.82 Å². The lowest BCUT2D eigenvalue weighted by molar-refractivity contribution is -0.115. The number of rotatable bonds is 5. The number of aromatic nitrogens is 2. The van der Waals surface area contributed by atoms with E-state index in [-0.39, 0.29) is 23.0 Å². The lowest BCUT2D eigenvalue weighted by Crippen LogP contribution is -2.17. The summed E-state index contributed by atoms with van der Waals surface area (Å²) in [6.07, 6.45) is 1.40. The molecule has 2 rings (SSSR count). The van der Waals surface area contributed by atoms with Crippen LogP contribution in [0.15, 0.2) is 47.5 Å². The number of benzene rings is 1. The molecule has 1 aromatic heterocycles. The zero-order valence-corrected chi connectivity index (χ0v) is 10.9. The summed E-state index contributed by atoms with van der Waals surface area (Å²) in [5, 5.41) is 8.76. The first-order valence-electron chi connectivity index (χ1n) is 5.65. The van der Waals surface area contributed by atoms with E-state index in [1.807, 2.05) is 0 Å². The van der Waals surface area contributed by atoms with Crippen LogP contribution in [-0.4, -0.2) is 30.3 Å². The van der Waals surface area contributed by atoms with E-state index in [0.717, 1.165) is 0 Å². The normalized spacial score (nSPS) is 11.2. The van der Waals surface area contributed by atoms with Crippen molar-refractivity contribution in [3.05, 3.63) is 42.6 Å². The Labute approximate surface area is 110 Å². The monoisotopic (exact) mass is 279 g/mol. The van der Waals surface area contributed by atoms with Crippen molar-refractivity contribution in [3.8, 4) is 0 Å². The molecule has 0 saturated carbocycles. The number of anilines is 1. The Morgan fingerprint density at radius 3 is 2.58 bits per heavy atom. The third-order valence-corrected chi connectivity index (χ3v) is 4.21. The summed E-state index contributed by atoms with van der Waals surface area (Å²) in [5.74, 6) is -0.150. The second-order valence-corrected chi connectivity index (χ2v) is 6.01. The van der Waals surface area contributed by atoms with Crippen LogP contribution in [0.2, 0.25) is 0 Å². The van der Waals surface area contributed by atoms with Crippen molar-refractivity contribution < 1.29 is 13.2 Å². The van der Waals surface area contributed by atoms with Gasteiger partial charge in [-0.1, -0.05) is 18.2 Å². The number of aromatic amines is 1. The summed E-state index contributed by atoms with van der Waals surface area (Å²) in [7, 11) is -3.42. The van der Waals surface area contributed by atoms with Gasteiger partial charge >= 0.3 is 0 Å². The summed E-state index contributed by atoms with van der Waals surface area (Å²) in [4.78, 5) is 11.8. The number of amides is 1. The molecular formula is C12H13N3O3S. The Bertz CT molecular complexity index is 636. The molecule has 0 atom stereocenters. The molecule has 0 aliphatic carbocycles. The van der Waals surface area contributed by atoms with Gasteiger partial charge in [-0.2, -0.15) is 5.10 Å². The van der Waals surface area contributed by atoms with Gasteiger partial charge in [-0.3, -0.25) is 9.89 Å². The fourth-order valence-corrected chi connectivity index (χ4v) is 2.77. The molecule has 2 aromatic rings. The number of hydrogen-bond donors (Lipinski definition) is 2. The molecule has 0 spiro atoms. The molecule has 1 amide bonds. The summed E-state index contributed by atoms with van der Waals surface area (Å²) in [6, 6.07) is 9.66. The predicted octanol–water partition coefficient (Wildman–Crippen LogP) is 1.21. The summed E-state index contributed by atoms with van der Waals surface area (Å²) < 4.78 is 23.9. The van der Waals surface area contributed by atoms with Crippen molar-refractivity contribution in [3.63, 3.8) is 0 Å². The predicted molar refractivity (Wildman–Crippen MR) is 70.3 cm³/mol. The minimum absolute atomic E-state index is 0.101. The van der Waals surface area contributed by atoms with Gasteiger partial charge in [0.2, 0.25) is 5.91 Å². The first kappa shape index (κ1) is 13.3. The number of carbonyl (C=O) groups excluding carboxylic acids is 1. The number of nitrogens with zero attached hydrogens (tertiary/aromatic N) is 1. The Kier molecular flexibility index (Phi) is 3.96. The Balaban J connectivity index is 1.93. The molecule has 100 valence electrons. The van der Waals surface area contributed by atoms with Crippen LogP contribution in [0.5, 0.6) is 0 Å². The van der Waals surface area contributed by atoms with Crippen molar-refractivity contribution in [1.82, 2.24) is 10.2 Å². The highest BCUT2D eigenvalue weighted by molar-refractivity contribution is 7.91. The third kappa shape index (κ3) is 3.65. The highest BCUT2D eigenvalue weighted by atomic mass is 32.2. The van der Waals surface area contributed by atoms with Crippen molar-refractivity contribution in [2.45, 2.75) is 11.3 Å². The minimum atomic E-state index is -3.42. The molecule has 0 aliphatic heterocycles. The van der Waals surface area contributed by atoms with Crippen LogP contribution < -0.4 is 5.32 Å². The molecule has 1 heterocycles. The first-order chi connectivity index (χ1) is 9.08. The quantitative estimate of drug-likeness (QED) is 0.860. The Hall–Kier alpha value is -2.15. The van der Waals surface area contributed by atoms with E-state index in [1.165, 1.54) is 18.3 Å². The fraction of sp³-hybridized carbons (Fsp3) is 0.167. The van der Waals surface area contributed by atoms with Gasteiger partial charge in [-0.25, -0.2) is 8.42 Å². The summed E-state index contributed by atoms with van der Waals surface area (Å²) >= 11 is 0. The minimum Gasteiger partial charge on any atom is -0.311 e.